The van der Waals surface area contributed by atoms with Gasteiger partial charge in [0.15, 0.2) is 0 Å². The maximum absolute atomic E-state index is 6.12. The minimum atomic E-state index is 0.0930. The van der Waals surface area contributed by atoms with Gasteiger partial charge < -0.3 is 5.73 Å². The zero-order valence-corrected chi connectivity index (χ0v) is 13.0. The fraction of sp³-hybridized carbons (Fsp3) is 0.625. The number of thioether (sulfide) groups is 1. The molecule has 1 aliphatic heterocycles. The first kappa shape index (κ1) is 14.9. The smallest absolute Gasteiger partial charge is 0.0344 e. The lowest BCUT2D eigenvalue weighted by molar-refractivity contribution is 0.114. The van der Waals surface area contributed by atoms with Crippen molar-refractivity contribution >= 4 is 11.8 Å². The topological polar surface area (TPSA) is 29.3 Å². The van der Waals surface area contributed by atoms with Crippen LogP contribution in [0.1, 0.15) is 25.8 Å². The highest BCUT2D eigenvalue weighted by atomic mass is 32.2. The zero-order valence-electron chi connectivity index (χ0n) is 12.1. The largest absolute Gasteiger partial charge is 0.329 e. The Morgan fingerprint density at radius 2 is 2.11 bits per heavy atom. The van der Waals surface area contributed by atoms with Gasteiger partial charge in [0.05, 0.1) is 0 Å². The van der Waals surface area contributed by atoms with Crippen molar-refractivity contribution < 1.29 is 0 Å². The molecule has 0 spiro atoms. The number of benzene rings is 1. The number of hydrogen-bond acceptors (Lipinski definition) is 3. The molecule has 0 amide bonds. The van der Waals surface area contributed by atoms with Crippen molar-refractivity contribution in [3.8, 4) is 0 Å². The number of nitrogens with two attached hydrogens (primary N) is 1. The third kappa shape index (κ3) is 3.74. The second-order valence-corrected chi connectivity index (χ2v) is 7.12. The van der Waals surface area contributed by atoms with Crippen molar-refractivity contribution in [3.63, 3.8) is 0 Å². The Labute approximate surface area is 121 Å². The molecule has 0 bridgehead atoms. The van der Waals surface area contributed by atoms with Gasteiger partial charge in [0.2, 0.25) is 0 Å². The molecule has 0 saturated carbocycles. The lowest BCUT2D eigenvalue weighted by atomic mass is 9.90. The van der Waals surface area contributed by atoms with Gasteiger partial charge in [-0.05, 0) is 25.3 Å². The summed E-state index contributed by atoms with van der Waals surface area (Å²) in [5, 5.41) is 0.774. The molecule has 2 rings (SSSR count). The highest BCUT2D eigenvalue weighted by molar-refractivity contribution is 8.00. The van der Waals surface area contributed by atoms with Crippen LogP contribution < -0.4 is 5.73 Å². The summed E-state index contributed by atoms with van der Waals surface area (Å²) >= 11 is 2.12. The quantitative estimate of drug-likeness (QED) is 0.898. The molecule has 1 aliphatic rings. The first-order valence-corrected chi connectivity index (χ1v) is 8.33. The van der Waals surface area contributed by atoms with Crippen molar-refractivity contribution in [2.24, 2.45) is 5.73 Å². The Hall–Kier alpha value is -0.510. The minimum absolute atomic E-state index is 0.0930. The van der Waals surface area contributed by atoms with Crippen LogP contribution in [0.3, 0.4) is 0 Å². The second-order valence-electron chi connectivity index (χ2n) is 5.71. The van der Waals surface area contributed by atoms with Gasteiger partial charge in [0.25, 0.3) is 0 Å². The van der Waals surface area contributed by atoms with Crippen LogP contribution in [-0.2, 0) is 6.42 Å². The van der Waals surface area contributed by atoms with Crippen molar-refractivity contribution in [1.82, 2.24) is 4.90 Å². The van der Waals surface area contributed by atoms with E-state index in [-0.39, 0.29) is 5.54 Å². The molecular formula is C16H26N2S. The van der Waals surface area contributed by atoms with Crippen LogP contribution in [0.4, 0.5) is 0 Å². The Morgan fingerprint density at radius 3 is 2.74 bits per heavy atom. The summed E-state index contributed by atoms with van der Waals surface area (Å²) in [5.74, 6) is 1.24. The molecule has 2 nitrogen and oxygen atoms in total. The lowest BCUT2D eigenvalue weighted by Gasteiger charge is -2.45. The Kier molecular flexibility index (Phi) is 5.31. The average Bonchev–Trinajstić information content (AvgIpc) is 2.48. The first-order valence-electron chi connectivity index (χ1n) is 7.28. The van der Waals surface area contributed by atoms with E-state index in [2.05, 4.69) is 60.8 Å². The van der Waals surface area contributed by atoms with Crippen molar-refractivity contribution in [2.45, 2.75) is 37.5 Å². The molecule has 2 N–H and O–H groups in total. The van der Waals surface area contributed by atoms with E-state index >= 15 is 0 Å². The van der Waals surface area contributed by atoms with E-state index in [1.54, 1.807) is 0 Å². The maximum atomic E-state index is 6.12. The second kappa shape index (κ2) is 6.78. The summed E-state index contributed by atoms with van der Waals surface area (Å²) in [6.45, 7) is 7.69. The average molecular weight is 278 g/mol. The minimum Gasteiger partial charge on any atom is -0.329 e. The van der Waals surface area contributed by atoms with E-state index < -0.39 is 0 Å². The normalized spacial score (nSPS) is 24.1. The zero-order chi connectivity index (χ0) is 13.7. The molecule has 1 fully saturated rings. The fourth-order valence-corrected chi connectivity index (χ4v) is 3.99. The van der Waals surface area contributed by atoms with E-state index in [0.717, 1.165) is 18.2 Å². The standard InChI is InChI=1S/C16H26N2S/c1-3-15-12-18(9-10-19-15)16(2,13-17)11-14-7-5-4-6-8-14/h4-8,15H,3,9-13,17H2,1-2H3. The van der Waals surface area contributed by atoms with Crippen LogP contribution in [0, 0.1) is 0 Å². The Balaban J connectivity index is 2.08. The SMILES string of the molecule is CCC1CN(C(C)(CN)Cc2ccccc2)CCS1. The first-order chi connectivity index (χ1) is 9.18. The maximum Gasteiger partial charge on any atom is 0.0344 e. The van der Waals surface area contributed by atoms with Gasteiger partial charge in [-0.1, -0.05) is 37.3 Å². The van der Waals surface area contributed by atoms with Crippen molar-refractivity contribution in [1.29, 1.82) is 0 Å². The summed E-state index contributed by atoms with van der Waals surface area (Å²) in [4.78, 5) is 2.62. The van der Waals surface area contributed by atoms with Gasteiger partial charge in [-0.25, -0.2) is 0 Å². The van der Waals surface area contributed by atoms with E-state index in [9.17, 15) is 0 Å². The van der Waals surface area contributed by atoms with Gasteiger partial charge in [-0.15, -0.1) is 0 Å². The third-order valence-electron chi connectivity index (χ3n) is 4.23. The number of nitrogens with zero attached hydrogens (tertiary/aromatic N) is 1. The summed E-state index contributed by atoms with van der Waals surface area (Å²) < 4.78 is 0. The van der Waals surface area contributed by atoms with E-state index in [4.69, 9.17) is 5.73 Å². The van der Waals surface area contributed by atoms with Gasteiger partial charge in [0, 0.05) is 36.2 Å². The van der Waals surface area contributed by atoms with Crippen LogP contribution in [0.25, 0.3) is 0 Å². The molecular weight excluding hydrogens is 252 g/mol. The summed E-state index contributed by atoms with van der Waals surface area (Å²) in [6, 6.07) is 10.7. The molecule has 1 aromatic rings. The number of hydrogen-bond donors (Lipinski definition) is 1. The highest BCUT2D eigenvalue weighted by Crippen LogP contribution is 2.28. The van der Waals surface area contributed by atoms with Crippen LogP contribution in [-0.4, -0.2) is 41.1 Å². The van der Waals surface area contributed by atoms with Crippen LogP contribution in [0.15, 0.2) is 30.3 Å². The van der Waals surface area contributed by atoms with Gasteiger partial charge in [-0.2, -0.15) is 11.8 Å². The van der Waals surface area contributed by atoms with Crippen LogP contribution >= 0.6 is 11.8 Å². The fourth-order valence-electron chi connectivity index (χ4n) is 2.81. The highest BCUT2D eigenvalue weighted by Gasteiger charge is 2.34. The Bertz CT molecular complexity index is 382. The molecule has 3 heteroatoms. The molecule has 1 heterocycles. The van der Waals surface area contributed by atoms with E-state index in [0.29, 0.717) is 0 Å². The lowest BCUT2D eigenvalue weighted by Crippen LogP contribution is -2.57. The molecule has 0 radical (unpaired) electrons. The summed E-state index contributed by atoms with van der Waals surface area (Å²) in [7, 11) is 0. The van der Waals surface area contributed by atoms with Crippen molar-refractivity contribution in [3.05, 3.63) is 35.9 Å². The molecule has 0 aliphatic carbocycles. The van der Waals surface area contributed by atoms with Crippen LogP contribution in [0.5, 0.6) is 0 Å². The predicted octanol–water partition coefficient (Wildman–Crippen LogP) is 2.77. The molecule has 0 aromatic heterocycles. The van der Waals surface area contributed by atoms with Crippen molar-refractivity contribution in [2.75, 3.05) is 25.4 Å². The molecule has 106 valence electrons. The number of rotatable bonds is 5. The molecule has 2 unspecified atom stereocenters. The van der Waals surface area contributed by atoms with Gasteiger partial charge >= 0.3 is 0 Å². The van der Waals surface area contributed by atoms with Gasteiger partial charge in [0.1, 0.15) is 0 Å². The monoisotopic (exact) mass is 278 g/mol. The molecule has 19 heavy (non-hydrogen) atoms. The predicted molar refractivity (Wildman–Crippen MR) is 85.7 cm³/mol. The Morgan fingerprint density at radius 1 is 1.37 bits per heavy atom. The van der Waals surface area contributed by atoms with E-state index in [1.807, 2.05) is 0 Å². The third-order valence-corrected chi connectivity index (χ3v) is 5.60. The molecule has 2 atom stereocenters. The van der Waals surface area contributed by atoms with Crippen LogP contribution in [0.2, 0.25) is 0 Å². The molecule has 1 aromatic carbocycles. The summed E-state index contributed by atoms with van der Waals surface area (Å²) in [6.07, 6.45) is 2.30. The van der Waals surface area contributed by atoms with Gasteiger partial charge in [-0.3, -0.25) is 4.90 Å². The van der Waals surface area contributed by atoms with E-state index in [1.165, 1.54) is 30.8 Å². The summed E-state index contributed by atoms with van der Waals surface area (Å²) in [5.41, 5.74) is 7.61. The molecule has 1 saturated heterocycles.